The average molecular weight is 355 g/mol. The zero-order valence-electron chi connectivity index (χ0n) is 15.3. The summed E-state index contributed by atoms with van der Waals surface area (Å²) in [4.78, 5) is 14.3. The Balaban J connectivity index is 2.95. The molecule has 1 heterocycles. The van der Waals surface area contributed by atoms with Gasteiger partial charge in [0, 0.05) is 25.8 Å². The van der Waals surface area contributed by atoms with Gasteiger partial charge in [-0.1, -0.05) is 27.2 Å². The van der Waals surface area contributed by atoms with Gasteiger partial charge in [-0.3, -0.25) is 4.68 Å². The molecule has 0 saturated carbocycles. The molecule has 0 unspecified atom stereocenters. The third kappa shape index (κ3) is 6.11. The minimum absolute atomic E-state index is 0.334. The summed E-state index contributed by atoms with van der Waals surface area (Å²) < 4.78 is 6.92. The molecule has 1 aromatic heterocycles. The van der Waals surface area contributed by atoms with Gasteiger partial charge in [0.05, 0.1) is 6.61 Å². The molecule has 0 spiro atoms. The predicted molar refractivity (Wildman–Crippen MR) is 101 cm³/mol. The molecule has 136 valence electrons. The van der Waals surface area contributed by atoms with Gasteiger partial charge in [0.15, 0.2) is 10.9 Å². The first-order valence-electron chi connectivity index (χ1n) is 8.87. The first kappa shape index (κ1) is 20.4. The van der Waals surface area contributed by atoms with Crippen LogP contribution in [0.1, 0.15) is 63.7 Å². The Morgan fingerprint density at radius 1 is 1.25 bits per heavy atom. The third-order valence-corrected chi connectivity index (χ3v) is 3.86. The smallest absolute Gasteiger partial charge is 0.343 e. The summed E-state index contributed by atoms with van der Waals surface area (Å²) in [5.41, 5.74) is 0.434. The molecule has 0 aliphatic carbocycles. The molecule has 0 radical (unpaired) electrons. The first-order valence-corrected chi connectivity index (χ1v) is 9.28. The van der Waals surface area contributed by atoms with Crippen LogP contribution in [0.5, 0.6) is 0 Å². The molecule has 1 aromatic rings. The second kappa shape index (κ2) is 11.0. The molecular weight excluding hydrogens is 324 g/mol. The van der Waals surface area contributed by atoms with Gasteiger partial charge >= 0.3 is 5.97 Å². The second-order valence-corrected chi connectivity index (χ2v) is 6.03. The van der Waals surface area contributed by atoms with Crippen LogP contribution in [0, 0.1) is 0 Å². The molecule has 1 N–H and O–H groups in total. The zero-order valence-corrected chi connectivity index (χ0v) is 16.1. The van der Waals surface area contributed by atoms with Crippen LogP contribution in [0.3, 0.4) is 0 Å². The van der Waals surface area contributed by atoms with E-state index in [2.05, 4.69) is 36.1 Å². The molecule has 0 fully saturated rings. The fourth-order valence-electron chi connectivity index (χ4n) is 2.34. The number of hydrogen-bond donors (Lipinski definition) is 1. The molecule has 0 saturated heterocycles. The number of thiocarbonyl (C=S) groups is 1. The molecule has 1 rings (SSSR count). The normalized spacial score (nSPS) is 10.5. The second-order valence-electron chi connectivity index (χ2n) is 5.65. The van der Waals surface area contributed by atoms with Crippen LogP contribution >= 0.6 is 12.2 Å². The Morgan fingerprint density at radius 2 is 1.92 bits per heavy atom. The van der Waals surface area contributed by atoms with E-state index in [1.54, 1.807) is 17.8 Å². The Morgan fingerprint density at radius 3 is 2.46 bits per heavy atom. The lowest BCUT2D eigenvalue weighted by atomic mass is 10.3. The lowest BCUT2D eigenvalue weighted by molar-refractivity contribution is 0.0527. The number of carbonyl (C=O) groups is 1. The molecular formula is C17H30N4O2S. The van der Waals surface area contributed by atoms with Crippen LogP contribution in [-0.2, 0) is 11.3 Å². The minimum Gasteiger partial charge on any atom is -0.462 e. The predicted octanol–water partition coefficient (Wildman–Crippen LogP) is 3.68. The molecule has 0 aromatic carbocycles. The van der Waals surface area contributed by atoms with E-state index in [-0.39, 0.29) is 5.97 Å². The standard InChI is InChI=1S/C17H30N4O2S/c1-5-9-12-21-13-14(16(22)23-8-4)15(19-21)18-17(24)20(10-6-2)11-7-3/h13H,5-12H2,1-4H3,(H,18,19,24). The zero-order chi connectivity index (χ0) is 17.9. The van der Waals surface area contributed by atoms with Gasteiger partial charge < -0.3 is 15.0 Å². The molecule has 24 heavy (non-hydrogen) atoms. The van der Waals surface area contributed by atoms with E-state index in [4.69, 9.17) is 17.0 Å². The van der Waals surface area contributed by atoms with E-state index in [0.717, 1.165) is 45.3 Å². The van der Waals surface area contributed by atoms with Crippen molar-refractivity contribution in [3.05, 3.63) is 11.8 Å². The van der Waals surface area contributed by atoms with Crippen molar-refractivity contribution in [3.8, 4) is 0 Å². The van der Waals surface area contributed by atoms with Gasteiger partial charge in [0.1, 0.15) is 5.56 Å². The molecule has 6 nitrogen and oxygen atoms in total. The highest BCUT2D eigenvalue weighted by Crippen LogP contribution is 2.16. The number of ether oxygens (including phenoxy) is 1. The summed E-state index contributed by atoms with van der Waals surface area (Å²) in [5, 5.41) is 8.23. The van der Waals surface area contributed by atoms with Crippen LogP contribution in [0.15, 0.2) is 6.20 Å². The van der Waals surface area contributed by atoms with E-state index in [1.165, 1.54) is 0 Å². The minimum atomic E-state index is -0.372. The van der Waals surface area contributed by atoms with Crippen molar-refractivity contribution in [2.75, 3.05) is 25.0 Å². The van der Waals surface area contributed by atoms with E-state index >= 15 is 0 Å². The SMILES string of the molecule is CCCCn1cc(C(=O)OCC)c(NC(=S)N(CCC)CCC)n1. The first-order chi connectivity index (χ1) is 11.6. The van der Waals surface area contributed by atoms with Crippen molar-refractivity contribution in [3.63, 3.8) is 0 Å². The van der Waals surface area contributed by atoms with E-state index < -0.39 is 0 Å². The lowest BCUT2D eigenvalue weighted by Gasteiger charge is -2.24. The van der Waals surface area contributed by atoms with Gasteiger partial charge in [-0.2, -0.15) is 5.10 Å². The largest absolute Gasteiger partial charge is 0.462 e. The van der Waals surface area contributed by atoms with E-state index in [0.29, 0.717) is 23.1 Å². The number of rotatable bonds is 10. The summed E-state index contributed by atoms with van der Waals surface area (Å²) >= 11 is 5.51. The van der Waals surface area contributed by atoms with Gasteiger partial charge in [-0.25, -0.2) is 4.79 Å². The fraction of sp³-hybridized carbons (Fsp3) is 0.706. The number of carbonyl (C=O) groups excluding carboxylic acids is 1. The highest BCUT2D eigenvalue weighted by atomic mass is 32.1. The fourth-order valence-corrected chi connectivity index (χ4v) is 2.62. The van der Waals surface area contributed by atoms with Crippen molar-refractivity contribution in [2.45, 2.75) is 59.9 Å². The van der Waals surface area contributed by atoms with Crippen LogP contribution in [-0.4, -0.2) is 45.5 Å². The molecule has 0 bridgehead atoms. The molecule has 0 amide bonds. The number of nitrogens with one attached hydrogen (secondary N) is 1. The van der Waals surface area contributed by atoms with Crippen molar-refractivity contribution >= 4 is 29.1 Å². The molecule has 0 aliphatic heterocycles. The number of esters is 1. The van der Waals surface area contributed by atoms with Gasteiger partial charge in [-0.15, -0.1) is 0 Å². The summed E-state index contributed by atoms with van der Waals surface area (Å²) in [6.45, 7) is 11.0. The highest BCUT2D eigenvalue weighted by molar-refractivity contribution is 7.80. The summed E-state index contributed by atoms with van der Waals surface area (Å²) in [6, 6.07) is 0. The van der Waals surface area contributed by atoms with Crippen LogP contribution in [0.4, 0.5) is 5.82 Å². The van der Waals surface area contributed by atoms with Crippen LogP contribution in [0.25, 0.3) is 0 Å². The van der Waals surface area contributed by atoms with Crippen molar-refractivity contribution in [1.29, 1.82) is 0 Å². The summed E-state index contributed by atoms with van der Waals surface area (Å²) in [5.74, 6) is 0.106. The number of aromatic nitrogens is 2. The van der Waals surface area contributed by atoms with Gasteiger partial charge in [0.2, 0.25) is 0 Å². The van der Waals surface area contributed by atoms with E-state index in [1.807, 2.05) is 0 Å². The topological polar surface area (TPSA) is 59.4 Å². The number of unbranched alkanes of at least 4 members (excludes halogenated alkanes) is 1. The van der Waals surface area contributed by atoms with Crippen LogP contribution < -0.4 is 5.32 Å². The Bertz CT molecular complexity index is 525. The number of aryl methyl sites for hydroxylation is 1. The number of anilines is 1. The summed E-state index contributed by atoms with van der Waals surface area (Å²) in [7, 11) is 0. The number of hydrogen-bond acceptors (Lipinski definition) is 4. The quantitative estimate of drug-likeness (QED) is 0.511. The van der Waals surface area contributed by atoms with Gasteiger partial charge in [-0.05, 0) is 38.4 Å². The van der Waals surface area contributed by atoms with Crippen molar-refractivity contribution in [2.24, 2.45) is 0 Å². The third-order valence-electron chi connectivity index (χ3n) is 3.50. The van der Waals surface area contributed by atoms with Crippen LogP contribution in [0.2, 0.25) is 0 Å². The maximum atomic E-state index is 12.2. The Hall–Kier alpha value is -1.63. The van der Waals surface area contributed by atoms with E-state index in [9.17, 15) is 4.79 Å². The average Bonchev–Trinajstić information content (AvgIpc) is 2.95. The monoisotopic (exact) mass is 354 g/mol. The number of nitrogens with zero attached hydrogens (tertiary/aromatic N) is 3. The maximum Gasteiger partial charge on any atom is 0.343 e. The lowest BCUT2D eigenvalue weighted by Crippen LogP contribution is -2.36. The maximum absolute atomic E-state index is 12.2. The molecule has 7 heteroatoms. The highest BCUT2D eigenvalue weighted by Gasteiger charge is 2.20. The molecule has 0 aliphatic rings. The van der Waals surface area contributed by atoms with Crippen molar-refractivity contribution < 1.29 is 9.53 Å². The Labute approximate surface area is 150 Å². The van der Waals surface area contributed by atoms with Crippen molar-refractivity contribution in [1.82, 2.24) is 14.7 Å². The summed E-state index contributed by atoms with van der Waals surface area (Å²) in [6.07, 6.45) is 5.83. The Kier molecular flexibility index (Phi) is 9.37. The van der Waals surface area contributed by atoms with Gasteiger partial charge in [0.25, 0.3) is 0 Å². The molecule has 0 atom stereocenters.